The quantitative estimate of drug-likeness (QED) is 0.801. The van der Waals surface area contributed by atoms with Crippen LogP contribution >= 0.6 is 11.3 Å². The van der Waals surface area contributed by atoms with Crippen molar-refractivity contribution in [2.24, 2.45) is 0 Å². The van der Waals surface area contributed by atoms with Crippen molar-refractivity contribution in [3.63, 3.8) is 0 Å². The van der Waals surface area contributed by atoms with E-state index < -0.39 is 0 Å². The Morgan fingerprint density at radius 1 is 1.41 bits per heavy atom. The number of rotatable bonds is 6. The Balaban J connectivity index is 2.09. The number of hydrogen-bond donors (Lipinski definition) is 2. The summed E-state index contributed by atoms with van der Waals surface area (Å²) in [6.45, 7) is 2.46. The number of carbonyl (C=O) groups is 1. The molecule has 1 aromatic heterocycles. The molecule has 1 aromatic carbocycles. The van der Waals surface area contributed by atoms with E-state index >= 15 is 0 Å². The summed E-state index contributed by atoms with van der Waals surface area (Å²) < 4.78 is 5.01. The zero-order chi connectivity index (χ0) is 15.9. The topological polar surface area (TPSA) is 58.6 Å². The predicted molar refractivity (Wildman–Crippen MR) is 89.1 cm³/mol. The molecule has 2 N–H and O–H groups in total. The average molecular weight is 317 g/mol. The second kappa shape index (κ2) is 7.66. The number of amides is 1. The van der Waals surface area contributed by atoms with Gasteiger partial charge >= 0.3 is 0 Å². The molecular weight excluding hydrogens is 298 g/mol. The molecule has 0 aliphatic heterocycles. The van der Waals surface area contributed by atoms with E-state index in [9.17, 15) is 9.90 Å². The molecule has 116 valence electrons. The number of nitrogens with one attached hydrogen (secondary N) is 1. The lowest BCUT2D eigenvalue weighted by Gasteiger charge is -2.08. The number of methoxy groups -OCH3 is 1. The van der Waals surface area contributed by atoms with E-state index in [4.69, 9.17) is 4.74 Å². The van der Waals surface area contributed by atoms with Crippen molar-refractivity contribution in [3.05, 3.63) is 51.7 Å². The molecule has 0 aliphatic rings. The molecular formula is C17H19NO3S. The Labute approximate surface area is 134 Å². The summed E-state index contributed by atoms with van der Waals surface area (Å²) in [6, 6.07) is 9.02. The average Bonchev–Trinajstić information content (AvgIpc) is 3.04. The summed E-state index contributed by atoms with van der Waals surface area (Å²) >= 11 is 1.61. The zero-order valence-corrected chi connectivity index (χ0v) is 13.4. The van der Waals surface area contributed by atoms with Crippen LogP contribution in [0, 0.1) is 0 Å². The van der Waals surface area contributed by atoms with Crippen LogP contribution < -0.4 is 10.1 Å². The van der Waals surface area contributed by atoms with Gasteiger partial charge in [0.25, 0.3) is 0 Å². The highest BCUT2D eigenvalue weighted by Crippen LogP contribution is 2.27. The van der Waals surface area contributed by atoms with E-state index in [1.807, 2.05) is 24.4 Å². The van der Waals surface area contributed by atoms with E-state index in [2.05, 4.69) is 5.32 Å². The lowest BCUT2D eigenvalue weighted by atomic mass is 10.1. The first-order valence-electron chi connectivity index (χ1n) is 7.02. The highest BCUT2D eigenvalue weighted by Gasteiger charge is 2.09. The first-order valence-corrected chi connectivity index (χ1v) is 7.90. The number of thiophene rings is 1. The lowest BCUT2D eigenvalue weighted by Crippen LogP contribution is -2.23. The Bertz CT molecular complexity index is 663. The van der Waals surface area contributed by atoms with Crippen LogP contribution in [0.1, 0.15) is 23.8 Å². The third-order valence-electron chi connectivity index (χ3n) is 3.22. The van der Waals surface area contributed by atoms with Crippen molar-refractivity contribution < 1.29 is 14.6 Å². The number of aromatic hydroxyl groups is 1. The first kappa shape index (κ1) is 16.1. The number of carbonyl (C=O) groups excluding carboxylic acids is 1. The van der Waals surface area contributed by atoms with Crippen LogP contribution in [0.25, 0.3) is 6.08 Å². The van der Waals surface area contributed by atoms with E-state index in [-0.39, 0.29) is 11.7 Å². The Morgan fingerprint density at radius 3 is 2.82 bits per heavy atom. The molecule has 22 heavy (non-hydrogen) atoms. The molecule has 0 saturated carbocycles. The van der Waals surface area contributed by atoms with Crippen LogP contribution in [0.15, 0.2) is 41.3 Å². The van der Waals surface area contributed by atoms with Gasteiger partial charge in [-0.25, -0.2) is 0 Å². The van der Waals surface area contributed by atoms with Crippen LogP contribution in [0.2, 0.25) is 0 Å². The Morgan fingerprint density at radius 2 is 2.23 bits per heavy atom. The third-order valence-corrected chi connectivity index (χ3v) is 4.10. The fourth-order valence-corrected chi connectivity index (χ4v) is 2.66. The highest BCUT2D eigenvalue weighted by molar-refractivity contribution is 7.09. The Kier molecular flexibility index (Phi) is 5.61. The van der Waals surface area contributed by atoms with Gasteiger partial charge in [-0.1, -0.05) is 19.1 Å². The monoisotopic (exact) mass is 317 g/mol. The van der Waals surface area contributed by atoms with Crippen molar-refractivity contribution in [1.82, 2.24) is 5.32 Å². The summed E-state index contributed by atoms with van der Waals surface area (Å²) in [6.07, 6.45) is 2.39. The molecule has 1 heterocycles. The van der Waals surface area contributed by atoms with Crippen molar-refractivity contribution in [1.29, 1.82) is 0 Å². The number of benzene rings is 1. The van der Waals surface area contributed by atoms with Crippen LogP contribution in [0.3, 0.4) is 0 Å². The van der Waals surface area contributed by atoms with Crippen molar-refractivity contribution >= 4 is 23.3 Å². The minimum atomic E-state index is -0.0915. The fourth-order valence-electron chi connectivity index (χ4n) is 2.02. The van der Waals surface area contributed by atoms with Gasteiger partial charge in [0, 0.05) is 10.5 Å². The number of ether oxygens (including phenoxy) is 1. The maximum absolute atomic E-state index is 12.2. The van der Waals surface area contributed by atoms with Gasteiger partial charge in [0.15, 0.2) is 11.5 Å². The molecule has 2 rings (SSSR count). The molecule has 2 aromatic rings. The fraction of sp³-hybridized carbons (Fsp3) is 0.235. The highest BCUT2D eigenvalue weighted by atomic mass is 32.1. The molecule has 0 aliphatic carbocycles. The molecule has 0 radical (unpaired) electrons. The Hall–Kier alpha value is -2.27. The number of phenolic OH excluding ortho intramolecular Hbond substituents is 1. The normalized spacial score (nSPS) is 11.3. The van der Waals surface area contributed by atoms with Crippen LogP contribution in [-0.2, 0) is 11.3 Å². The molecule has 0 spiro atoms. The lowest BCUT2D eigenvalue weighted by molar-refractivity contribution is -0.117. The van der Waals surface area contributed by atoms with Crippen molar-refractivity contribution in [2.75, 3.05) is 7.11 Å². The minimum Gasteiger partial charge on any atom is -0.504 e. The van der Waals surface area contributed by atoms with E-state index in [1.54, 1.807) is 35.6 Å². The summed E-state index contributed by atoms with van der Waals surface area (Å²) in [5.41, 5.74) is 1.43. The van der Waals surface area contributed by atoms with Gasteiger partial charge in [-0.15, -0.1) is 11.3 Å². The van der Waals surface area contributed by atoms with Gasteiger partial charge in [-0.05, 0) is 41.6 Å². The minimum absolute atomic E-state index is 0.0608. The van der Waals surface area contributed by atoms with E-state index in [0.29, 0.717) is 24.3 Å². The van der Waals surface area contributed by atoms with Gasteiger partial charge < -0.3 is 15.2 Å². The van der Waals surface area contributed by atoms with Crippen LogP contribution in [-0.4, -0.2) is 18.1 Å². The molecule has 0 atom stereocenters. The van der Waals surface area contributed by atoms with Gasteiger partial charge in [-0.2, -0.15) is 0 Å². The second-order valence-electron chi connectivity index (χ2n) is 4.72. The molecule has 0 saturated heterocycles. The van der Waals surface area contributed by atoms with Gasteiger partial charge in [0.1, 0.15) is 0 Å². The third kappa shape index (κ3) is 4.11. The van der Waals surface area contributed by atoms with E-state index in [0.717, 1.165) is 10.4 Å². The van der Waals surface area contributed by atoms with E-state index in [1.165, 1.54) is 7.11 Å². The van der Waals surface area contributed by atoms with Gasteiger partial charge in [-0.3, -0.25) is 4.79 Å². The van der Waals surface area contributed by atoms with Crippen molar-refractivity contribution in [2.45, 2.75) is 19.9 Å². The van der Waals surface area contributed by atoms with Crippen LogP contribution in [0.5, 0.6) is 11.5 Å². The summed E-state index contributed by atoms with van der Waals surface area (Å²) in [5.74, 6) is 0.384. The maximum Gasteiger partial charge on any atom is 0.247 e. The van der Waals surface area contributed by atoms with Crippen LogP contribution in [0.4, 0.5) is 0 Å². The second-order valence-corrected chi connectivity index (χ2v) is 5.75. The van der Waals surface area contributed by atoms with Gasteiger partial charge in [0.2, 0.25) is 5.91 Å². The molecule has 5 heteroatoms. The summed E-state index contributed by atoms with van der Waals surface area (Å²) in [5, 5.41) is 14.7. The summed E-state index contributed by atoms with van der Waals surface area (Å²) in [7, 11) is 1.50. The standard InChI is InChI=1S/C17H19NO3S/c1-3-13(17(20)18-11-14-5-4-8-22-14)9-12-6-7-16(21-2)15(19)10-12/h4-10,19H,3,11H2,1-2H3,(H,18,20). The molecule has 0 unspecified atom stereocenters. The number of hydrogen-bond acceptors (Lipinski definition) is 4. The zero-order valence-electron chi connectivity index (χ0n) is 12.6. The van der Waals surface area contributed by atoms with Crippen molar-refractivity contribution in [3.8, 4) is 11.5 Å². The SMILES string of the molecule is CCC(=Cc1ccc(OC)c(O)c1)C(=O)NCc1cccs1. The summed E-state index contributed by atoms with van der Waals surface area (Å²) in [4.78, 5) is 13.3. The largest absolute Gasteiger partial charge is 0.504 e. The molecule has 0 fully saturated rings. The predicted octanol–water partition coefficient (Wildman–Crippen LogP) is 3.57. The maximum atomic E-state index is 12.2. The number of phenols is 1. The molecule has 0 bridgehead atoms. The smallest absolute Gasteiger partial charge is 0.247 e. The molecule has 4 nitrogen and oxygen atoms in total. The first-order chi connectivity index (χ1) is 10.6. The van der Waals surface area contributed by atoms with Gasteiger partial charge in [0.05, 0.1) is 13.7 Å². The molecule has 1 amide bonds.